The van der Waals surface area contributed by atoms with Crippen molar-refractivity contribution in [1.82, 2.24) is 30.0 Å². The molecule has 8 nitrogen and oxygen atoms in total. The largest absolute Gasteiger partial charge is 0.376 e. The number of nitrogens with one attached hydrogen (secondary N) is 1. The van der Waals surface area contributed by atoms with Crippen LogP contribution < -0.4 is 5.32 Å². The van der Waals surface area contributed by atoms with Crippen LogP contribution in [0.2, 0.25) is 0 Å². The summed E-state index contributed by atoms with van der Waals surface area (Å²) < 4.78 is 7.69. The molecule has 0 amide bonds. The van der Waals surface area contributed by atoms with Crippen molar-refractivity contribution in [3.8, 4) is 0 Å². The summed E-state index contributed by atoms with van der Waals surface area (Å²) in [5, 5.41) is 14.9. The van der Waals surface area contributed by atoms with Crippen LogP contribution in [0.1, 0.15) is 29.5 Å². The first kappa shape index (κ1) is 18.8. The van der Waals surface area contributed by atoms with Gasteiger partial charge in [0.05, 0.1) is 11.1 Å². The van der Waals surface area contributed by atoms with Crippen molar-refractivity contribution in [2.24, 2.45) is 12.0 Å². The predicted octanol–water partition coefficient (Wildman–Crippen LogP) is 1.38. The lowest BCUT2D eigenvalue weighted by Gasteiger charge is -2.23. The minimum absolute atomic E-state index is 0.268. The third-order valence-electron chi connectivity index (χ3n) is 4.57. The molecule has 1 aliphatic rings. The van der Waals surface area contributed by atoms with Gasteiger partial charge in [-0.2, -0.15) is 0 Å². The summed E-state index contributed by atoms with van der Waals surface area (Å²) in [6.07, 6.45) is 5.26. The number of hydrogen-bond acceptors (Lipinski definition) is 6. The predicted molar refractivity (Wildman–Crippen MR) is 102 cm³/mol. The molecule has 1 atom stereocenters. The average molecular weight is 378 g/mol. The Morgan fingerprint density at radius 1 is 1.50 bits per heavy atom. The maximum Gasteiger partial charge on any atom is 0.194 e. The first-order chi connectivity index (χ1) is 12.6. The number of aromatic nitrogens is 4. The monoisotopic (exact) mass is 377 g/mol. The van der Waals surface area contributed by atoms with E-state index in [9.17, 15) is 0 Å². The topological polar surface area (TPSA) is 80.5 Å². The molecular formula is C17H27N7OS. The molecule has 0 radical (unpaired) electrons. The number of hydrogen-bond donors (Lipinski definition) is 1. The summed E-state index contributed by atoms with van der Waals surface area (Å²) in [7, 11) is 4.02. The SMILES string of the molecule is Cc1nnc(CN=C(NCC2CCCO2)N(C)CCc2nccs2)n1C. The van der Waals surface area contributed by atoms with Crippen LogP contribution in [0, 0.1) is 6.92 Å². The summed E-state index contributed by atoms with van der Waals surface area (Å²) >= 11 is 1.69. The van der Waals surface area contributed by atoms with Crippen molar-refractivity contribution >= 4 is 17.3 Å². The molecule has 3 rings (SSSR count). The Balaban J connectivity index is 1.62. The van der Waals surface area contributed by atoms with E-state index in [-0.39, 0.29) is 6.10 Å². The Hall–Kier alpha value is -2.00. The third-order valence-corrected chi connectivity index (χ3v) is 5.41. The maximum atomic E-state index is 5.72. The molecule has 1 saturated heterocycles. The normalized spacial score (nSPS) is 17.7. The Kier molecular flexibility index (Phi) is 6.56. The second-order valence-electron chi connectivity index (χ2n) is 6.48. The van der Waals surface area contributed by atoms with Crippen molar-refractivity contribution in [3.05, 3.63) is 28.2 Å². The van der Waals surface area contributed by atoms with Crippen molar-refractivity contribution in [2.45, 2.75) is 38.8 Å². The highest BCUT2D eigenvalue weighted by molar-refractivity contribution is 7.09. The molecule has 2 aromatic heterocycles. The molecule has 1 N–H and O–H groups in total. The van der Waals surface area contributed by atoms with Gasteiger partial charge >= 0.3 is 0 Å². The number of aliphatic imine (C=N–C) groups is 1. The average Bonchev–Trinajstić information content (AvgIpc) is 3.39. The number of thiazole rings is 1. The molecule has 0 bridgehead atoms. The molecule has 1 aliphatic heterocycles. The molecule has 3 heterocycles. The van der Waals surface area contributed by atoms with E-state index < -0.39 is 0 Å². The standard InChI is InChI=1S/C17H27N7OS/c1-13-21-22-15(24(13)3)12-20-17(19-11-14-5-4-9-25-14)23(2)8-6-16-18-7-10-26-16/h7,10,14H,4-6,8-9,11-12H2,1-3H3,(H,19,20). The summed E-state index contributed by atoms with van der Waals surface area (Å²) in [4.78, 5) is 11.3. The van der Waals surface area contributed by atoms with E-state index in [1.54, 1.807) is 11.3 Å². The van der Waals surface area contributed by atoms with Gasteiger partial charge in [0.2, 0.25) is 0 Å². The zero-order valence-electron chi connectivity index (χ0n) is 15.7. The van der Waals surface area contributed by atoms with E-state index in [0.717, 1.165) is 61.6 Å². The van der Waals surface area contributed by atoms with Gasteiger partial charge in [-0.15, -0.1) is 21.5 Å². The molecule has 26 heavy (non-hydrogen) atoms. The second kappa shape index (κ2) is 9.09. The highest BCUT2D eigenvalue weighted by atomic mass is 32.1. The Morgan fingerprint density at radius 3 is 3.04 bits per heavy atom. The Labute approximate surface area is 158 Å². The smallest absolute Gasteiger partial charge is 0.194 e. The van der Waals surface area contributed by atoms with E-state index in [1.807, 2.05) is 30.1 Å². The van der Waals surface area contributed by atoms with Crippen LogP contribution in [0.25, 0.3) is 0 Å². The third kappa shape index (κ3) is 5.01. The van der Waals surface area contributed by atoms with Crippen molar-refractivity contribution in [1.29, 1.82) is 0 Å². The van der Waals surface area contributed by atoms with Crippen LogP contribution in [0.15, 0.2) is 16.6 Å². The van der Waals surface area contributed by atoms with E-state index >= 15 is 0 Å². The molecule has 1 fully saturated rings. The van der Waals surface area contributed by atoms with Gasteiger partial charge in [-0.25, -0.2) is 9.98 Å². The number of ether oxygens (including phenoxy) is 1. The van der Waals surface area contributed by atoms with Gasteiger partial charge in [0, 0.05) is 51.8 Å². The van der Waals surface area contributed by atoms with Crippen molar-refractivity contribution in [3.63, 3.8) is 0 Å². The van der Waals surface area contributed by atoms with Crippen LogP contribution >= 0.6 is 11.3 Å². The maximum absolute atomic E-state index is 5.72. The number of guanidine groups is 1. The minimum atomic E-state index is 0.268. The molecular weight excluding hydrogens is 350 g/mol. The van der Waals surface area contributed by atoms with Crippen molar-refractivity contribution in [2.75, 3.05) is 26.7 Å². The minimum Gasteiger partial charge on any atom is -0.376 e. The summed E-state index contributed by atoms with van der Waals surface area (Å²) in [5.41, 5.74) is 0. The zero-order chi connectivity index (χ0) is 18.4. The lowest BCUT2D eigenvalue weighted by molar-refractivity contribution is 0.113. The van der Waals surface area contributed by atoms with Crippen LogP contribution in [-0.4, -0.2) is 63.5 Å². The van der Waals surface area contributed by atoms with Crippen LogP contribution in [0.5, 0.6) is 0 Å². The highest BCUT2D eigenvalue weighted by Crippen LogP contribution is 2.11. The van der Waals surface area contributed by atoms with Gasteiger partial charge < -0.3 is 19.5 Å². The molecule has 2 aromatic rings. The fourth-order valence-electron chi connectivity index (χ4n) is 2.80. The lowest BCUT2D eigenvalue weighted by Crippen LogP contribution is -2.43. The summed E-state index contributed by atoms with van der Waals surface area (Å²) in [5.74, 6) is 2.60. The molecule has 0 aromatic carbocycles. The van der Waals surface area contributed by atoms with Gasteiger partial charge in [0.1, 0.15) is 12.4 Å². The van der Waals surface area contributed by atoms with Crippen LogP contribution in [-0.2, 0) is 24.8 Å². The Bertz CT molecular complexity index is 707. The van der Waals surface area contributed by atoms with E-state index in [0.29, 0.717) is 6.54 Å². The van der Waals surface area contributed by atoms with Gasteiger partial charge in [0.25, 0.3) is 0 Å². The van der Waals surface area contributed by atoms with Gasteiger partial charge in [0.15, 0.2) is 11.8 Å². The summed E-state index contributed by atoms with van der Waals surface area (Å²) in [6, 6.07) is 0. The number of rotatable bonds is 7. The first-order valence-corrected chi connectivity index (χ1v) is 9.85. The van der Waals surface area contributed by atoms with E-state index in [4.69, 9.17) is 9.73 Å². The van der Waals surface area contributed by atoms with Crippen molar-refractivity contribution < 1.29 is 4.74 Å². The fraction of sp³-hybridized carbons (Fsp3) is 0.647. The second-order valence-corrected chi connectivity index (χ2v) is 7.45. The molecule has 9 heteroatoms. The van der Waals surface area contributed by atoms with E-state index in [2.05, 4.69) is 32.4 Å². The molecule has 1 unspecified atom stereocenters. The summed E-state index contributed by atoms with van der Waals surface area (Å²) in [6.45, 7) is 4.92. The molecule has 0 spiro atoms. The molecule has 142 valence electrons. The fourth-order valence-corrected chi connectivity index (χ4v) is 3.41. The number of nitrogens with zero attached hydrogens (tertiary/aromatic N) is 6. The van der Waals surface area contributed by atoms with Gasteiger partial charge in [-0.3, -0.25) is 0 Å². The highest BCUT2D eigenvalue weighted by Gasteiger charge is 2.17. The van der Waals surface area contributed by atoms with Crippen LogP contribution in [0.3, 0.4) is 0 Å². The Morgan fingerprint density at radius 2 is 2.38 bits per heavy atom. The van der Waals surface area contributed by atoms with E-state index in [1.165, 1.54) is 0 Å². The zero-order valence-corrected chi connectivity index (χ0v) is 16.5. The van der Waals surface area contributed by atoms with Gasteiger partial charge in [-0.1, -0.05) is 0 Å². The van der Waals surface area contributed by atoms with Crippen LogP contribution in [0.4, 0.5) is 0 Å². The quantitative estimate of drug-likeness (QED) is 0.580. The molecule has 0 saturated carbocycles. The van der Waals surface area contributed by atoms with Gasteiger partial charge in [-0.05, 0) is 19.8 Å². The first-order valence-electron chi connectivity index (χ1n) is 8.98. The number of aryl methyl sites for hydroxylation is 1. The lowest BCUT2D eigenvalue weighted by atomic mass is 10.2. The molecule has 0 aliphatic carbocycles. The number of likely N-dealkylation sites (N-methyl/N-ethyl adjacent to an activating group) is 1.